The third-order valence-corrected chi connectivity index (χ3v) is 0.578. The Hall–Kier alpha value is -1.23. The third kappa shape index (κ3) is 8.77. The molecule has 5 nitrogen and oxygen atoms in total. The monoisotopic (exact) mass is 176 g/mol. The first-order valence-electron chi connectivity index (χ1n) is 3.31. The first kappa shape index (κ1) is 10.8. The van der Waals surface area contributed by atoms with Crippen LogP contribution in [0.1, 0.15) is 20.8 Å². The second-order valence-electron chi connectivity index (χ2n) is 2.95. The summed E-state index contributed by atoms with van der Waals surface area (Å²) in [5.74, 6) is 0. The molecule has 12 heavy (non-hydrogen) atoms. The number of hydrogen-bond acceptors (Lipinski definition) is 4. The van der Waals surface area contributed by atoms with Crippen LogP contribution >= 0.6 is 0 Å². The summed E-state index contributed by atoms with van der Waals surface area (Å²) in [7, 11) is 0. The summed E-state index contributed by atoms with van der Waals surface area (Å²) < 4.78 is 3.99. The van der Waals surface area contributed by atoms with Crippen LogP contribution < -0.4 is 0 Å². The Kier molecular flexibility index (Phi) is 4.14. The Bertz CT molecular complexity index is 167. The van der Waals surface area contributed by atoms with Gasteiger partial charge in [0.15, 0.2) is 6.26 Å². The van der Waals surface area contributed by atoms with Crippen molar-refractivity contribution in [2.45, 2.75) is 26.4 Å². The molecule has 0 atom stereocenters. The van der Waals surface area contributed by atoms with Crippen LogP contribution in [0.2, 0.25) is 0 Å². The number of carboxylic acid groups (broad SMARTS) is 1. The van der Waals surface area contributed by atoms with Crippen molar-refractivity contribution in [3.8, 4) is 0 Å². The lowest BCUT2D eigenvalue weighted by Gasteiger charge is -2.15. The molecule has 0 rings (SSSR count). The second kappa shape index (κ2) is 4.61. The van der Waals surface area contributed by atoms with Crippen molar-refractivity contribution in [1.29, 1.82) is 0 Å². The van der Waals surface area contributed by atoms with Gasteiger partial charge in [-0.2, -0.15) is 4.89 Å². The number of ether oxygens (including phenoxy) is 1. The fourth-order valence-corrected chi connectivity index (χ4v) is 0.281. The molecule has 0 saturated carbocycles. The minimum absolute atomic E-state index is 0.437. The maximum atomic E-state index is 9.79. The molecule has 5 heteroatoms. The van der Waals surface area contributed by atoms with E-state index in [0.717, 1.165) is 12.5 Å². The van der Waals surface area contributed by atoms with Gasteiger partial charge in [0, 0.05) is 0 Å². The molecule has 0 aliphatic carbocycles. The molecule has 0 aliphatic rings. The topological polar surface area (TPSA) is 65.0 Å². The van der Waals surface area contributed by atoms with Gasteiger partial charge in [-0.25, -0.2) is 4.79 Å². The summed E-state index contributed by atoms with van der Waals surface area (Å²) in [4.78, 5) is 19.0. The van der Waals surface area contributed by atoms with E-state index in [1.165, 1.54) is 0 Å². The van der Waals surface area contributed by atoms with E-state index >= 15 is 0 Å². The van der Waals surface area contributed by atoms with Gasteiger partial charge in [-0.15, -0.1) is 0 Å². The molecular weight excluding hydrogens is 164 g/mol. The van der Waals surface area contributed by atoms with Crippen molar-refractivity contribution in [2.75, 3.05) is 0 Å². The van der Waals surface area contributed by atoms with E-state index in [9.17, 15) is 4.79 Å². The fraction of sp³-hybridized carbons (Fsp3) is 0.571. The fourth-order valence-electron chi connectivity index (χ4n) is 0.281. The smallest absolute Gasteiger partial charge is 0.449 e. The summed E-state index contributed by atoms with van der Waals surface area (Å²) in [5.41, 5.74) is -0.437. The van der Waals surface area contributed by atoms with Crippen LogP contribution in [0, 0.1) is 0 Å². The highest BCUT2D eigenvalue weighted by Crippen LogP contribution is 2.06. The van der Waals surface area contributed by atoms with E-state index in [1.54, 1.807) is 20.8 Å². The summed E-state index contributed by atoms with van der Waals surface area (Å²) in [5, 5.41) is 8.00. The zero-order chi connectivity index (χ0) is 9.61. The number of rotatable bonds is 3. The summed E-state index contributed by atoms with van der Waals surface area (Å²) in [6.07, 6.45) is 0.471. The van der Waals surface area contributed by atoms with Crippen molar-refractivity contribution in [2.24, 2.45) is 0 Å². The largest absolute Gasteiger partial charge is 0.510 e. The Balaban J connectivity index is 3.43. The van der Waals surface area contributed by atoms with E-state index < -0.39 is 11.8 Å². The van der Waals surface area contributed by atoms with Gasteiger partial charge in [0.05, 0.1) is 0 Å². The molecule has 70 valence electrons. The van der Waals surface area contributed by atoms with E-state index in [1.807, 2.05) is 0 Å². The first-order valence-corrected chi connectivity index (χ1v) is 3.31. The Morgan fingerprint density at radius 3 is 2.33 bits per heavy atom. The van der Waals surface area contributed by atoms with E-state index in [0.29, 0.717) is 0 Å². The van der Waals surface area contributed by atoms with Crippen molar-refractivity contribution in [3.63, 3.8) is 0 Å². The first-order chi connectivity index (χ1) is 5.42. The quantitative estimate of drug-likeness (QED) is 0.308. The highest BCUT2D eigenvalue weighted by molar-refractivity contribution is 5.57. The predicted octanol–water partition coefficient (Wildman–Crippen LogP) is 1.90. The van der Waals surface area contributed by atoms with Gasteiger partial charge in [-0.05, 0) is 20.8 Å². The molecule has 0 aliphatic heterocycles. The van der Waals surface area contributed by atoms with Gasteiger partial charge in [0.2, 0.25) is 0 Å². The maximum absolute atomic E-state index is 9.79. The molecule has 0 bridgehead atoms. The van der Waals surface area contributed by atoms with Gasteiger partial charge < -0.3 is 14.7 Å². The van der Waals surface area contributed by atoms with Gasteiger partial charge in [-0.1, -0.05) is 0 Å². The Labute approximate surface area is 70.5 Å². The minimum Gasteiger partial charge on any atom is -0.449 e. The molecule has 0 spiro atoms. The van der Waals surface area contributed by atoms with Crippen LogP contribution in [-0.4, -0.2) is 16.9 Å². The minimum atomic E-state index is -1.40. The number of carbonyl (C=O) groups is 1. The van der Waals surface area contributed by atoms with Crippen molar-refractivity contribution in [1.82, 2.24) is 0 Å². The van der Waals surface area contributed by atoms with E-state index in [-0.39, 0.29) is 0 Å². The average molecular weight is 176 g/mol. The Morgan fingerprint density at radius 1 is 1.33 bits per heavy atom. The molecule has 0 unspecified atom stereocenters. The highest BCUT2D eigenvalue weighted by atomic mass is 17.2. The molecule has 0 fully saturated rings. The van der Waals surface area contributed by atoms with Crippen molar-refractivity contribution >= 4 is 6.16 Å². The highest BCUT2D eigenvalue weighted by Gasteiger charge is 2.10. The summed E-state index contributed by atoms with van der Waals surface area (Å²) in [6.45, 7) is 5.37. The van der Waals surface area contributed by atoms with Crippen LogP contribution in [0.5, 0.6) is 0 Å². The summed E-state index contributed by atoms with van der Waals surface area (Å²) in [6, 6.07) is 0. The maximum Gasteiger partial charge on any atom is 0.510 e. The van der Waals surface area contributed by atoms with Gasteiger partial charge in [0.25, 0.3) is 0 Å². The SMILES string of the molecule is CC(C)(C)OOC=COC(=O)O. The molecular formula is C7H12O5. The van der Waals surface area contributed by atoms with Crippen LogP contribution in [0.3, 0.4) is 0 Å². The predicted molar refractivity (Wildman–Crippen MR) is 40.2 cm³/mol. The molecule has 0 radical (unpaired) electrons. The van der Waals surface area contributed by atoms with E-state index in [2.05, 4.69) is 9.62 Å². The molecule has 0 saturated heterocycles. The number of hydrogen-bond donors (Lipinski definition) is 1. The lowest BCUT2D eigenvalue weighted by Crippen LogP contribution is -2.17. The van der Waals surface area contributed by atoms with Crippen LogP contribution in [0.4, 0.5) is 4.79 Å². The molecule has 0 aromatic heterocycles. The third-order valence-electron chi connectivity index (χ3n) is 0.578. The zero-order valence-electron chi connectivity index (χ0n) is 7.23. The zero-order valence-corrected chi connectivity index (χ0v) is 7.23. The molecule has 0 heterocycles. The van der Waals surface area contributed by atoms with Crippen molar-refractivity contribution < 1.29 is 24.4 Å². The van der Waals surface area contributed by atoms with Crippen LogP contribution in [-0.2, 0) is 14.5 Å². The lowest BCUT2D eigenvalue weighted by molar-refractivity contribution is -0.311. The van der Waals surface area contributed by atoms with Gasteiger partial charge in [-0.3, -0.25) is 0 Å². The molecule has 0 amide bonds. The van der Waals surface area contributed by atoms with Gasteiger partial charge in [0.1, 0.15) is 11.9 Å². The molecule has 1 N–H and O–H groups in total. The normalized spacial score (nSPS) is 11.6. The second-order valence-corrected chi connectivity index (χ2v) is 2.95. The standard InChI is InChI=1S/C7H12O5/c1-7(2,3)12-11-5-4-10-6(8)9/h4-5H,1-3H3,(H,8,9). The van der Waals surface area contributed by atoms with Crippen LogP contribution in [0.25, 0.3) is 0 Å². The molecule has 0 aromatic carbocycles. The summed E-state index contributed by atoms with van der Waals surface area (Å²) >= 11 is 0. The van der Waals surface area contributed by atoms with Gasteiger partial charge >= 0.3 is 6.16 Å². The van der Waals surface area contributed by atoms with E-state index in [4.69, 9.17) is 9.99 Å². The Morgan fingerprint density at radius 2 is 1.92 bits per heavy atom. The lowest BCUT2D eigenvalue weighted by atomic mass is 10.2. The molecule has 0 aromatic rings. The van der Waals surface area contributed by atoms with Crippen molar-refractivity contribution in [3.05, 3.63) is 12.5 Å². The average Bonchev–Trinajstić information content (AvgIpc) is 1.83. The van der Waals surface area contributed by atoms with Crippen LogP contribution in [0.15, 0.2) is 12.5 Å².